The number of benzene rings is 2. The molecule has 6 heteroatoms. The van der Waals surface area contributed by atoms with E-state index < -0.39 is 0 Å². The van der Waals surface area contributed by atoms with Crippen molar-refractivity contribution in [3.63, 3.8) is 0 Å². The second kappa shape index (κ2) is 6.39. The van der Waals surface area contributed by atoms with Crippen molar-refractivity contribution in [2.24, 2.45) is 12.1 Å². The van der Waals surface area contributed by atoms with Gasteiger partial charge in [0.05, 0.1) is 31.5 Å². The molecule has 118 valence electrons. The van der Waals surface area contributed by atoms with Gasteiger partial charge in [0.25, 0.3) is 0 Å². The molecule has 0 spiro atoms. The van der Waals surface area contributed by atoms with Crippen LogP contribution in [0.5, 0.6) is 11.5 Å². The predicted molar refractivity (Wildman–Crippen MR) is 91.5 cm³/mol. The lowest BCUT2D eigenvalue weighted by Crippen LogP contribution is -1.99. The van der Waals surface area contributed by atoms with Gasteiger partial charge in [-0.05, 0) is 35.9 Å². The molecule has 0 amide bonds. The van der Waals surface area contributed by atoms with Crippen molar-refractivity contribution in [2.45, 2.75) is 0 Å². The number of rotatable bonds is 5. The maximum Gasteiger partial charge on any atom is 0.224 e. The van der Waals surface area contributed by atoms with E-state index in [0.717, 1.165) is 16.6 Å². The SMILES string of the molecule is COc1ccc(/C=N\Nc2nc3ccccc3n2C)cc1OC. The lowest BCUT2D eigenvalue weighted by molar-refractivity contribution is 0.355. The van der Waals surface area contributed by atoms with Gasteiger partial charge < -0.3 is 14.0 Å². The molecule has 0 bridgehead atoms. The van der Waals surface area contributed by atoms with Crippen LogP contribution in [0.1, 0.15) is 5.56 Å². The topological polar surface area (TPSA) is 60.7 Å². The number of para-hydroxylation sites is 2. The van der Waals surface area contributed by atoms with E-state index in [9.17, 15) is 0 Å². The summed E-state index contributed by atoms with van der Waals surface area (Å²) in [7, 11) is 5.17. The van der Waals surface area contributed by atoms with E-state index in [1.165, 1.54) is 0 Å². The minimum atomic E-state index is 0.666. The van der Waals surface area contributed by atoms with Gasteiger partial charge in [0.15, 0.2) is 11.5 Å². The maximum absolute atomic E-state index is 5.28. The van der Waals surface area contributed by atoms with Crippen molar-refractivity contribution in [1.82, 2.24) is 9.55 Å². The standard InChI is InChI=1S/C17H18N4O2/c1-21-14-7-5-4-6-13(14)19-17(21)20-18-11-12-8-9-15(22-2)16(10-12)23-3/h4-11H,1-3H3,(H,19,20)/b18-11-. The van der Waals surface area contributed by atoms with Crippen LogP contribution < -0.4 is 14.9 Å². The van der Waals surface area contributed by atoms with E-state index in [1.54, 1.807) is 20.4 Å². The van der Waals surface area contributed by atoms with Crippen LogP contribution in [0.3, 0.4) is 0 Å². The van der Waals surface area contributed by atoms with Crippen molar-refractivity contribution in [3.05, 3.63) is 48.0 Å². The predicted octanol–water partition coefficient (Wildman–Crippen LogP) is 3.04. The summed E-state index contributed by atoms with van der Waals surface area (Å²) in [4.78, 5) is 4.50. The maximum atomic E-state index is 5.28. The molecule has 6 nitrogen and oxygen atoms in total. The molecule has 0 fully saturated rings. The second-order valence-electron chi connectivity index (χ2n) is 4.97. The highest BCUT2D eigenvalue weighted by Crippen LogP contribution is 2.26. The van der Waals surface area contributed by atoms with E-state index in [4.69, 9.17) is 9.47 Å². The Hall–Kier alpha value is -3.02. The van der Waals surface area contributed by atoms with Crippen molar-refractivity contribution < 1.29 is 9.47 Å². The first-order chi connectivity index (χ1) is 11.2. The third kappa shape index (κ3) is 2.96. The van der Waals surface area contributed by atoms with Crippen LogP contribution in [0.15, 0.2) is 47.6 Å². The van der Waals surface area contributed by atoms with Gasteiger partial charge in [0, 0.05) is 7.05 Å². The fraction of sp³-hybridized carbons (Fsp3) is 0.176. The first-order valence-electron chi connectivity index (χ1n) is 7.15. The van der Waals surface area contributed by atoms with Crippen LogP contribution in [-0.4, -0.2) is 30.0 Å². The molecule has 0 saturated heterocycles. The lowest BCUT2D eigenvalue weighted by Gasteiger charge is -2.07. The summed E-state index contributed by atoms with van der Waals surface area (Å²) in [6.45, 7) is 0. The molecule has 1 aromatic heterocycles. The normalized spacial score (nSPS) is 11.1. The molecular formula is C17H18N4O2. The zero-order chi connectivity index (χ0) is 16.2. The Morgan fingerprint density at radius 2 is 1.87 bits per heavy atom. The number of nitrogens with one attached hydrogen (secondary N) is 1. The van der Waals surface area contributed by atoms with Crippen molar-refractivity contribution >= 4 is 23.2 Å². The second-order valence-corrected chi connectivity index (χ2v) is 4.97. The van der Waals surface area contributed by atoms with Crippen LogP contribution >= 0.6 is 0 Å². The summed E-state index contributed by atoms with van der Waals surface area (Å²) in [5.74, 6) is 2.04. The summed E-state index contributed by atoms with van der Waals surface area (Å²) in [6.07, 6.45) is 1.71. The van der Waals surface area contributed by atoms with Crippen LogP contribution in [0, 0.1) is 0 Å². The Morgan fingerprint density at radius 1 is 1.09 bits per heavy atom. The average Bonchev–Trinajstić information content (AvgIpc) is 2.91. The molecule has 3 aromatic rings. The zero-order valence-corrected chi connectivity index (χ0v) is 13.3. The van der Waals surface area contributed by atoms with Crippen molar-refractivity contribution in [3.8, 4) is 11.5 Å². The van der Waals surface area contributed by atoms with E-state index in [2.05, 4.69) is 15.5 Å². The summed E-state index contributed by atoms with van der Waals surface area (Å²) < 4.78 is 12.5. The molecule has 0 aliphatic rings. The molecule has 0 aliphatic heterocycles. The lowest BCUT2D eigenvalue weighted by atomic mass is 10.2. The number of nitrogens with zero attached hydrogens (tertiary/aromatic N) is 3. The van der Waals surface area contributed by atoms with E-state index in [-0.39, 0.29) is 0 Å². The van der Waals surface area contributed by atoms with E-state index in [1.807, 2.05) is 54.1 Å². The van der Waals surface area contributed by atoms with Gasteiger partial charge in [-0.2, -0.15) is 5.10 Å². The van der Waals surface area contributed by atoms with E-state index >= 15 is 0 Å². The number of ether oxygens (including phenoxy) is 2. The summed E-state index contributed by atoms with van der Waals surface area (Å²) in [5.41, 5.74) is 5.84. The molecule has 1 heterocycles. The molecule has 0 aliphatic carbocycles. The van der Waals surface area contributed by atoms with Gasteiger partial charge in [0.2, 0.25) is 5.95 Å². The summed E-state index contributed by atoms with van der Waals surface area (Å²) >= 11 is 0. The Kier molecular flexibility index (Phi) is 4.14. The van der Waals surface area contributed by atoms with Gasteiger partial charge >= 0.3 is 0 Å². The van der Waals surface area contributed by atoms with E-state index in [0.29, 0.717) is 17.4 Å². The molecule has 2 aromatic carbocycles. The molecule has 1 N–H and O–H groups in total. The first-order valence-corrected chi connectivity index (χ1v) is 7.15. The third-order valence-electron chi connectivity index (χ3n) is 3.57. The number of anilines is 1. The smallest absolute Gasteiger partial charge is 0.224 e. The number of fused-ring (bicyclic) bond motifs is 1. The largest absolute Gasteiger partial charge is 0.493 e. The fourth-order valence-electron chi connectivity index (χ4n) is 2.34. The highest BCUT2D eigenvalue weighted by Gasteiger charge is 2.06. The van der Waals surface area contributed by atoms with Gasteiger partial charge in [0.1, 0.15) is 0 Å². The van der Waals surface area contributed by atoms with Gasteiger partial charge in [-0.25, -0.2) is 10.4 Å². The van der Waals surface area contributed by atoms with Crippen LogP contribution in [0.25, 0.3) is 11.0 Å². The number of hydrogen-bond acceptors (Lipinski definition) is 5. The summed E-state index contributed by atoms with van der Waals surface area (Å²) in [5, 5.41) is 4.24. The number of aryl methyl sites for hydroxylation is 1. The Labute approximate surface area is 134 Å². The molecule has 0 atom stereocenters. The van der Waals surface area contributed by atoms with Crippen LogP contribution in [0.2, 0.25) is 0 Å². The Morgan fingerprint density at radius 3 is 2.61 bits per heavy atom. The number of aromatic nitrogens is 2. The molecule has 3 rings (SSSR count). The monoisotopic (exact) mass is 310 g/mol. The third-order valence-corrected chi connectivity index (χ3v) is 3.57. The van der Waals surface area contributed by atoms with Crippen molar-refractivity contribution in [1.29, 1.82) is 0 Å². The first kappa shape index (κ1) is 14.9. The molecule has 0 saturated carbocycles. The number of imidazole rings is 1. The minimum Gasteiger partial charge on any atom is -0.493 e. The summed E-state index contributed by atoms with van der Waals surface area (Å²) in [6, 6.07) is 13.5. The van der Waals surface area contributed by atoms with Crippen molar-refractivity contribution in [2.75, 3.05) is 19.6 Å². The molecule has 0 radical (unpaired) electrons. The average molecular weight is 310 g/mol. The van der Waals surface area contributed by atoms with Gasteiger partial charge in [-0.1, -0.05) is 12.1 Å². The highest BCUT2D eigenvalue weighted by molar-refractivity contribution is 5.82. The number of methoxy groups -OCH3 is 2. The molecule has 23 heavy (non-hydrogen) atoms. The zero-order valence-electron chi connectivity index (χ0n) is 13.3. The molecular weight excluding hydrogens is 292 g/mol. The number of hydrogen-bond donors (Lipinski definition) is 1. The van der Waals surface area contributed by atoms with Crippen LogP contribution in [0.4, 0.5) is 5.95 Å². The highest BCUT2D eigenvalue weighted by atomic mass is 16.5. The quantitative estimate of drug-likeness (QED) is 0.581. The van der Waals surface area contributed by atoms with Gasteiger partial charge in [-0.15, -0.1) is 0 Å². The fourth-order valence-corrected chi connectivity index (χ4v) is 2.34. The Bertz CT molecular complexity index is 855. The van der Waals surface area contributed by atoms with Crippen LogP contribution in [-0.2, 0) is 7.05 Å². The number of hydrazone groups is 1. The van der Waals surface area contributed by atoms with Gasteiger partial charge in [-0.3, -0.25) is 0 Å². The minimum absolute atomic E-state index is 0.666. The Balaban J connectivity index is 1.79. The molecule has 0 unspecified atom stereocenters.